The zero-order valence-electron chi connectivity index (χ0n) is 23.3. The van der Waals surface area contributed by atoms with E-state index in [0.717, 1.165) is 65.1 Å². The third-order valence-corrected chi connectivity index (χ3v) is 8.19. The normalized spacial score (nSPS) is 15.7. The second-order valence-electron chi connectivity index (χ2n) is 11.0. The monoisotopic (exact) mass is 578 g/mol. The van der Waals surface area contributed by atoms with Crippen LogP contribution < -0.4 is 17.0 Å². The molecule has 0 saturated heterocycles. The zero-order valence-corrected chi connectivity index (χ0v) is 24.1. The number of nitrogens with two attached hydrogens (primary N) is 2. The summed E-state index contributed by atoms with van der Waals surface area (Å²) in [6.07, 6.45) is 10.9. The quantitative estimate of drug-likeness (QED) is 0.107. The molecule has 11 nitrogen and oxygen atoms in total. The van der Waals surface area contributed by atoms with Crippen LogP contribution in [0.3, 0.4) is 0 Å². The number of aromatic nitrogens is 7. The maximum absolute atomic E-state index is 12.6. The Bertz CT molecular complexity index is 2000. The highest BCUT2D eigenvalue weighted by atomic mass is 32.1. The van der Waals surface area contributed by atoms with Gasteiger partial charge in [0.1, 0.15) is 11.5 Å². The van der Waals surface area contributed by atoms with Gasteiger partial charge in [0.25, 0.3) is 5.56 Å². The number of H-pyrrole nitrogens is 1. The molecule has 4 aromatic heterocycles. The zero-order chi connectivity index (χ0) is 29.1. The van der Waals surface area contributed by atoms with Crippen LogP contribution in [0, 0.1) is 0 Å². The summed E-state index contributed by atoms with van der Waals surface area (Å²) in [5.41, 5.74) is 19.4. The van der Waals surface area contributed by atoms with Crippen molar-refractivity contribution in [2.75, 3.05) is 5.73 Å². The van der Waals surface area contributed by atoms with E-state index < -0.39 is 0 Å². The first-order chi connectivity index (χ1) is 20.4. The Balaban J connectivity index is 1.37. The van der Waals surface area contributed by atoms with E-state index in [1.54, 1.807) is 17.1 Å². The molecule has 0 radical (unpaired) electrons. The van der Waals surface area contributed by atoms with Crippen molar-refractivity contribution in [1.82, 2.24) is 34.1 Å². The van der Waals surface area contributed by atoms with E-state index >= 15 is 0 Å². The highest BCUT2D eigenvalue weighted by Gasteiger charge is 2.35. The Morgan fingerprint density at radius 1 is 1.12 bits per heavy atom. The van der Waals surface area contributed by atoms with Gasteiger partial charge in [-0.25, -0.2) is 15.0 Å². The van der Waals surface area contributed by atoms with Gasteiger partial charge in [0.05, 0.1) is 23.3 Å². The van der Waals surface area contributed by atoms with Crippen LogP contribution in [0.5, 0.6) is 0 Å². The predicted octanol–water partition coefficient (Wildman–Crippen LogP) is 4.37. The van der Waals surface area contributed by atoms with Gasteiger partial charge in [-0.1, -0.05) is 24.4 Å². The number of aryl methyl sites for hydroxylation is 1. The minimum absolute atomic E-state index is 0.203. The Morgan fingerprint density at radius 3 is 2.62 bits per heavy atom. The van der Waals surface area contributed by atoms with Gasteiger partial charge in [-0.2, -0.15) is 5.10 Å². The fourth-order valence-corrected chi connectivity index (χ4v) is 5.76. The summed E-state index contributed by atoms with van der Waals surface area (Å²) in [4.78, 5) is 27.4. The summed E-state index contributed by atoms with van der Waals surface area (Å²) in [6, 6.07) is 7.94. The Kier molecular flexibility index (Phi) is 6.15. The predicted molar refractivity (Wildman–Crippen MR) is 169 cm³/mol. The van der Waals surface area contributed by atoms with Crippen molar-refractivity contribution in [3.8, 4) is 22.6 Å². The number of allylic oxidation sites excluding steroid dienone is 1. The Labute approximate surface area is 246 Å². The number of nitrogens with zero attached hydrogens (tertiary/aromatic N) is 7. The average molecular weight is 579 g/mol. The molecule has 2 aliphatic rings. The topological polar surface area (TPSA) is 151 Å². The number of nitrogens with one attached hydrogen (secondary N) is 1. The lowest BCUT2D eigenvalue weighted by atomic mass is 10.0. The summed E-state index contributed by atoms with van der Waals surface area (Å²) in [6.45, 7) is 0. The van der Waals surface area contributed by atoms with Crippen molar-refractivity contribution < 1.29 is 0 Å². The number of pyridine rings is 1. The molecule has 212 valence electrons. The molecule has 0 atom stereocenters. The number of nitrogen functional groups attached to an aromatic ring is 1. The van der Waals surface area contributed by atoms with Crippen LogP contribution in [-0.2, 0) is 14.1 Å². The van der Waals surface area contributed by atoms with Gasteiger partial charge in [-0.05, 0) is 37.8 Å². The summed E-state index contributed by atoms with van der Waals surface area (Å²) >= 11 is 4.98. The number of benzene rings is 1. The summed E-state index contributed by atoms with van der Waals surface area (Å²) in [5.74, 6) is 1.71. The fraction of sp³-hybridized carbons (Fsp3) is 0.267. The van der Waals surface area contributed by atoms with E-state index in [4.69, 9.17) is 33.7 Å². The Hall–Kier alpha value is -4.84. The molecule has 5 aromatic rings. The van der Waals surface area contributed by atoms with Crippen LogP contribution in [0.1, 0.15) is 54.5 Å². The van der Waals surface area contributed by atoms with Crippen LogP contribution in [0.15, 0.2) is 52.6 Å². The lowest BCUT2D eigenvalue weighted by Gasteiger charge is -2.10. The van der Waals surface area contributed by atoms with Crippen molar-refractivity contribution in [2.45, 2.75) is 37.5 Å². The summed E-state index contributed by atoms with van der Waals surface area (Å²) in [5, 5.41) is 9.60. The molecule has 42 heavy (non-hydrogen) atoms. The lowest BCUT2D eigenvalue weighted by molar-refractivity contribution is 0.774. The number of hydrogen-bond acceptors (Lipinski definition) is 8. The van der Waals surface area contributed by atoms with Crippen molar-refractivity contribution in [3.63, 3.8) is 0 Å². The lowest BCUT2D eigenvalue weighted by Crippen LogP contribution is -2.06. The van der Waals surface area contributed by atoms with Gasteiger partial charge >= 0.3 is 0 Å². The van der Waals surface area contributed by atoms with Gasteiger partial charge in [0, 0.05) is 83.4 Å². The van der Waals surface area contributed by atoms with Crippen molar-refractivity contribution >= 4 is 51.9 Å². The number of imidazole rings is 1. The maximum Gasteiger partial charge on any atom is 0.290 e. The van der Waals surface area contributed by atoms with Gasteiger partial charge in [0.15, 0.2) is 5.65 Å². The summed E-state index contributed by atoms with van der Waals surface area (Å²) < 4.78 is 5.47. The first-order valence-corrected chi connectivity index (χ1v) is 14.4. The molecule has 2 saturated carbocycles. The van der Waals surface area contributed by atoms with E-state index in [1.807, 2.05) is 31.4 Å². The molecule has 0 unspecified atom stereocenters. The molecule has 2 fully saturated rings. The highest BCUT2D eigenvalue weighted by molar-refractivity contribution is 7.79. The second-order valence-corrected chi connectivity index (χ2v) is 11.3. The third kappa shape index (κ3) is 4.44. The minimum Gasteiger partial charge on any atom is -0.403 e. The molecule has 4 heterocycles. The van der Waals surface area contributed by atoms with Gasteiger partial charge in [-0.15, -0.1) is 0 Å². The standard InChI is InChI=1S/C30H30N10OS/c1-38-13-18-10-21(25(16-6-7-16)34-28(18)36-38)29-35-26(27(39(29)2)17-8-9-17)20-4-3-5-23(32)22(20)12-33-24-14-40(37-30(24)41)19(11-31)15-42/h3-5,10-17H,6-9,31-32H2,1-2H3,(H,37,41)/b19-11+,33-12?. The Morgan fingerprint density at radius 2 is 1.90 bits per heavy atom. The average Bonchev–Trinajstić information content (AvgIpc) is 3.89. The van der Waals surface area contributed by atoms with Gasteiger partial charge in [0.2, 0.25) is 0 Å². The second kappa shape index (κ2) is 9.91. The number of anilines is 1. The molecule has 12 heteroatoms. The molecule has 0 bridgehead atoms. The molecular formula is C30H30N10OS. The van der Waals surface area contributed by atoms with Gasteiger partial charge in [-0.3, -0.25) is 19.3 Å². The molecule has 5 N–H and O–H groups in total. The molecular weight excluding hydrogens is 548 g/mol. The van der Waals surface area contributed by atoms with E-state index in [2.05, 4.69) is 32.9 Å². The maximum atomic E-state index is 12.6. The number of rotatable bonds is 8. The number of fused-ring (bicyclic) bond motifs is 1. The number of thiocarbonyl (C=S) groups is 1. The molecule has 1 aromatic carbocycles. The SMILES string of the molecule is Cn1cc2cc(-c3nc(-c4cccc(N)c4C=Nc4cn(/C(C=S)=C/N)[nH]c4=O)c(C4CC4)n3C)c(C3CC3)nc2n1. The third-order valence-electron chi connectivity index (χ3n) is 7.95. The number of hydrogen-bond donors (Lipinski definition) is 3. The molecule has 2 aliphatic carbocycles. The van der Waals surface area contributed by atoms with E-state index in [0.29, 0.717) is 28.8 Å². The van der Waals surface area contributed by atoms with E-state index in [-0.39, 0.29) is 11.2 Å². The summed E-state index contributed by atoms with van der Waals surface area (Å²) in [7, 11) is 4.00. The smallest absolute Gasteiger partial charge is 0.290 e. The fourth-order valence-electron chi connectivity index (χ4n) is 5.56. The molecule has 0 amide bonds. The first-order valence-electron chi connectivity index (χ1n) is 13.9. The van der Waals surface area contributed by atoms with Crippen molar-refractivity contribution in [1.29, 1.82) is 0 Å². The number of aromatic amines is 1. The minimum atomic E-state index is -0.372. The van der Waals surface area contributed by atoms with Crippen molar-refractivity contribution in [2.24, 2.45) is 24.8 Å². The first kappa shape index (κ1) is 26.1. The van der Waals surface area contributed by atoms with E-state index in [1.165, 1.54) is 21.9 Å². The molecule has 0 spiro atoms. The number of aliphatic imine (C=N–C) groups is 1. The van der Waals surface area contributed by atoms with Crippen molar-refractivity contribution in [3.05, 3.63) is 70.2 Å². The van der Waals surface area contributed by atoms with Crippen LogP contribution in [-0.4, -0.2) is 45.7 Å². The largest absolute Gasteiger partial charge is 0.403 e. The molecule has 7 rings (SSSR count). The van der Waals surface area contributed by atoms with E-state index in [9.17, 15) is 4.79 Å². The highest BCUT2D eigenvalue weighted by Crippen LogP contribution is 2.48. The van der Waals surface area contributed by atoms with Crippen LogP contribution in [0.2, 0.25) is 0 Å². The van der Waals surface area contributed by atoms with Crippen LogP contribution >= 0.6 is 12.2 Å². The van der Waals surface area contributed by atoms with Crippen LogP contribution in [0.25, 0.3) is 39.4 Å². The van der Waals surface area contributed by atoms with Crippen LogP contribution in [0.4, 0.5) is 11.4 Å². The molecule has 0 aliphatic heterocycles. The van der Waals surface area contributed by atoms with Gasteiger partial charge < -0.3 is 16.0 Å².